The fraction of sp³-hybridized carbons (Fsp3) is 0.500. The predicted molar refractivity (Wildman–Crippen MR) is 155 cm³/mol. The molecule has 2 aromatic carbocycles. The van der Waals surface area contributed by atoms with E-state index in [-0.39, 0.29) is 18.5 Å². The number of nitrogens with one attached hydrogen (secondary N) is 1. The lowest BCUT2D eigenvalue weighted by Crippen LogP contribution is -2.81. The van der Waals surface area contributed by atoms with Crippen molar-refractivity contribution >= 4 is 17.6 Å². The highest BCUT2D eigenvalue weighted by molar-refractivity contribution is 5.97. The lowest BCUT2D eigenvalue weighted by Gasteiger charge is -2.64. The molecule has 0 aromatic heterocycles. The number of fused-ring (bicyclic) bond motifs is 1. The summed E-state index contributed by atoms with van der Waals surface area (Å²) in [5.41, 5.74) is -0.292. The van der Waals surface area contributed by atoms with Crippen molar-refractivity contribution in [3.63, 3.8) is 0 Å². The first-order valence-corrected chi connectivity index (χ1v) is 14.3. The molecule has 1 saturated carbocycles. The summed E-state index contributed by atoms with van der Waals surface area (Å²) in [6.45, 7) is 5.01. The number of carbonyl (C=O) groups is 2. The Kier molecular flexibility index (Phi) is 6.58. The number of carbonyl (C=O) groups excluding carboxylic acids is 2. The highest BCUT2D eigenvalue weighted by Gasteiger charge is 2.77. The molecule has 6 rings (SSSR count). The van der Waals surface area contributed by atoms with Gasteiger partial charge in [-0.15, -0.1) is 0 Å². The number of hydrogen-bond acceptors (Lipinski definition) is 8. The number of ether oxygens (including phenoxy) is 3. The smallest absolute Gasteiger partial charge is 0.303 e. The fourth-order valence-electron chi connectivity index (χ4n) is 8.79. The van der Waals surface area contributed by atoms with E-state index in [0.717, 1.165) is 36.5 Å². The Morgan fingerprint density at radius 3 is 2.61 bits per heavy atom. The molecule has 1 saturated heterocycles. The van der Waals surface area contributed by atoms with Crippen molar-refractivity contribution in [3.8, 4) is 11.5 Å². The lowest BCUT2D eigenvalue weighted by molar-refractivity contribution is -0.216. The van der Waals surface area contributed by atoms with Crippen LogP contribution in [-0.2, 0) is 14.9 Å². The first-order chi connectivity index (χ1) is 19.7. The van der Waals surface area contributed by atoms with Gasteiger partial charge < -0.3 is 29.5 Å². The number of aliphatic hydroxyl groups is 1. The van der Waals surface area contributed by atoms with Crippen molar-refractivity contribution in [2.24, 2.45) is 5.41 Å². The van der Waals surface area contributed by atoms with Crippen molar-refractivity contribution < 1.29 is 28.9 Å². The normalized spacial score (nSPS) is 33.0. The lowest BCUT2D eigenvalue weighted by atomic mass is 9.47. The number of para-hydroxylation sites is 1. The minimum atomic E-state index is -1.64. The molecule has 6 atom stereocenters. The van der Waals surface area contributed by atoms with Crippen LogP contribution < -0.4 is 19.7 Å². The van der Waals surface area contributed by atoms with Gasteiger partial charge in [0.25, 0.3) is 5.91 Å². The molecular formula is C32H39N3O6. The maximum Gasteiger partial charge on any atom is 0.303 e. The maximum atomic E-state index is 13.5. The summed E-state index contributed by atoms with van der Waals surface area (Å²) >= 11 is 0. The Morgan fingerprint density at radius 1 is 1.12 bits per heavy atom. The van der Waals surface area contributed by atoms with E-state index in [9.17, 15) is 14.7 Å². The molecule has 218 valence electrons. The molecule has 3 aliphatic heterocycles. The van der Waals surface area contributed by atoms with Crippen LogP contribution in [0.5, 0.6) is 11.5 Å². The third-order valence-corrected chi connectivity index (χ3v) is 10.1. The molecule has 41 heavy (non-hydrogen) atoms. The number of amides is 1. The van der Waals surface area contributed by atoms with Gasteiger partial charge in [-0.2, -0.15) is 0 Å². The molecular weight excluding hydrogens is 522 g/mol. The Bertz CT molecular complexity index is 1410. The summed E-state index contributed by atoms with van der Waals surface area (Å²) in [6.07, 6.45) is 4.87. The van der Waals surface area contributed by atoms with Gasteiger partial charge >= 0.3 is 5.97 Å². The Hall–Kier alpha value is -3.56. The molecule has 1 spiro atoms. The van der Waals surface area contributed by atoms with Crippen LogP contribution in [0.3, 0.4) is 0 Å². The van der Waals surface area contributed by atoms with Crippen LogP contribution in [0.4, 0.5) is 5.69 Å². The molecule has 2 N–H and O–H groups in total. The molecule has 0 bridgehead atoms. The third-order valence-electron chi connectivity index (χ3n) is 10.1. The van der Waals surface area contributed by atoms with Crippen LogP contribution in [0.2, 0.25) is 0 Å². The van der Waals surface area contributed by atoms with E-state index in [1.165, 1.54) is 14.0 Å². The van der Waals surface area contributed by atoms with Crippen LogP contribution in [0.1, 0.15) is 42.6 Å². The van der Waals surface area contributed by atoms with E-state index < -0.39 is 34.5 Å². The van der Waals surface area contributed by atoms with Gasteiger partial charge in [-0.3, -0.25) is 14.5 Å². The number of methoxy groups -OCH3 is 2. The molecule has 9 nitrogen and oxygen atoms in total. The molecule has 1 aliphatic carbocycles. The zero-order valence-corrected chi connectivity index (χ0v) is 24.3. The van der Waals surface area contributed by atoms with Gasteiger partial charge in [-0.05, 0) is 43.1 Å². The second-order valence-corrected chi connectivity index (χ2v) is 11.8. The number of esters is 1. The number of likely N-dealkylation sites (N-methyl/N-ethyl adjacent to an activating group) is 1. The fourth-order valence-corrected chi connectivity index (χ4v) is 8.79. The number of anilines is 1. The quantitative estimate of drug-likeness (QED) is 0.393. The molecule has 0 radical (unpaired) electrons. The summed E-state index contributed by atoms with van der Waals surface area (Å²) in [7, 11) is 5.15. The van der Waals surface area contributed by atoms with Gasteiger partial charge in [0.15, 0.2) is 0 Å². The van der Waals surface area contributed by atoms with E-state index in [0.29, 0.717) is 17.7 Å². The highest BCUT2D eigenvalue weighted by atomic mass is 16.6. The predicted octanol–water partition coefficient (Wildman–Crippen LogP) is 2.91. The number of rotatable bonds is 7. The van der Waals surface area contributed by atoms with Crippen molar-refractivity contribution in [3.05, 3.63) is 65.7 Å². The van der Waals surface area contributed by atoms with Gasteiger partial charge in [0, 0.05) is 49.1 Å². The highest BCUT2D eigenvalue weighted by Crippen LogP contribution is 2.67. The van der Waals surface area contributed by atoms with E-state index in [4.69, 9.17) is 14.2 Å². The number of benzene rings is 2. The van der Waals surface area contributed by atoms with Crippen LogP contribution in [0, 0.1) is 5.41 Å². The van der Waals surface area contributed by atoms with Crippen LogP contribution >= 0.6 is 0 Å². The molecule has 0 unspecified atom stereocenters. The average Bonchev–Trinajstić information content (AvgIpc) is 3.50. The van der Waals surface area contributed by atoms with E-state index in [1.54, 1.807) is 31.4 Å². The minimum Gasteiger partial charge on any atom is -0.497 e. The Morgan fingerprint density at radius 2 is 1.90 bits per heavy atom. The second-order valence-electron chi connectivity index (χ2n) is 11.8. The number of nitrogens with zero attached hydrogens (tertiary/aromatic N) is 2. The van der Waals surface area contributed by atoms with Crippen molar-refractivity contribution in [2.75, 3.05) is 45.8 Å². The third kappa shape index (κ3) is 3.68. The molecule has 4 aliphatic rings. The summed E-state index contributed by atoms with van der Waals surface area (Å²) in [4.78, 5) is 30.9. The van der Waals surface area contributed by atoms with E-state index in [2.05, 4.69) is 40.3 Å². The van der Waals surface area contributed by atoms with Crippen LogP contribution in [-0.4, -0.2) is 86.6 Å². The summed E-state index contributed by atoms with van der Waals surface area (Å²) < 4.78 is 17.2. The summed E-state index contributed by atoms with van der Waals surface area (Å²) in [5.74, 6) is 0.340. The van der Waals surface area contributed by atoms with Gasteiger partial charge in [-0.25, -0.2) is 0 Å². The first-order valence-electron chi connectivity index (χ1n) is 14.3. The molecule has 3 heterocycles. The van der Waals surface area contributed by atoms with Crippen molar-refractivity contribution in [2.45, 2.75) is 55.9 Å². The summed E-state index contributed by atoms with van der Waals surface area (Å²) in [5, 5.41) is 16.2. The van der Waals surface area contributed by atoms with Crippen molar-refractivity contribution in [1.29, 1.82) is 0 Å². The topological polar surface area (TPSA) is 101 Å². The minimum absolute atomic E-state index is 0.0124. The zero-order chi connectivity index (χ0) is 29.2. The molecule has 2 aromatic rings. The molecule has 1 amide bonds. The van der Waals surface area contributed by atoms with Gasteiger partial charge in [0.2, 0.25) is 0 Å². The number of hydrogen-bond donors (Lipinski definition) is 2. The second kappa shape index (κ2) is 9.77. The Labute approximate surface area is 241 Å². The average molecular weight is 562 g/mol. The molecule has 9 heteroatoms. The van der Waals surface area contributed by atoms with Gasteiger partial charge in [0.1, 0.15) is 23.2 Å². The maximum absolute atomic E-state index is 13.5. The van der Waals surface area contributed by atoms with E-state index in [1.807, 2.05) is 19.2 Å². The standard InChI is InChI=1S/C32H39N3O6/c1-6-30-14-9-16-35-17-15-31(27(30)35)23-13-12-21(39-4)18-24(23)34(3)28(31)32(38,29(30)41-20(2)36)19-33-26(37)22-10-7-8-11-25(22)40-5/h7-14,18,27-29,38H,6,15-17,19H2,1-5H3,(H,33,37)/t27-,28+,29+,30+,31+,32-/m0/s1. The largest absolute Gasteiger partial charge is 0.497 e. The van der Waals surface area contributed by atoms with Crippen LogP contribution in [0.15, 0.2) is 54.6 Å². The summed E-state index contributed by atoms with van der Waals surface area (Å²) in [6, 6.07) is 12.6. The SMILES string of the molecule is CC[C@]12C=CCN3CC[C@@]4(c5ccc(OC)cc5N(C)[C@H]4[C@@](O)(CNC(=O)c4ccccc4OC)[C@@H]1OC(C)=O)[C@@H]32. The monoisotopic (exact) mass is 561 g/mol. The van der Waals surface area contributed by atoms with Crippen molar-refractivity contribution in [1.82, 2.24) is 10.2 Å². The Balaban J connectivity index is 1.54. The zero-order valence-electron chi connectivity index (χ0n) is 24.3. The molecule has 2 fully saturated rings. The van der Waals surface area contributed by atoms with Gasteiger partial charge in [-0.1, -0.05) is 37.3 Å². The van der Waals surface area contributed by atoms with Gasteiger partial charge in [0.05, 0.1) is 32.4 Å². The van der Waals surface area contributed by atoms with Crippen LogP contribution in [0.25, 0.3) is 0 Å². The van der Waals surface area contributed by atoms with E-state index >= 15 is 0 Å². The first kappa shape index (κ1) is 27.6.